The first kappa shape index (κ1) is 14.2. The second-order valence-electron chi connectivity index (χ2n) is 4.84. The van der Waals surface area contributed by atoms with Gasteiger partial charge in [0.25, 0.3) is 0 Å². The Morgan fingerprint density at radius 3 is 2.33 bits per heavy atom. The molecule has 0 aliphatic rings. The Labute approximate surface area is 92.8 Å². The molecule has 0 aliphatic heterocycles. The Bertz CT molecular complexity index is 176. The van der Waals surface area contributed by atoms with Crippen LogP contribution in [0.5, 0.6) is 0 Å². The molecule has 0 aromatic carbocycles. The Morgan fingerprint density at radius 2 is 1.80 bits per heavy atom. The Hall–Kier alpha value is -0.770. The van der Waals surface area contributed by atoms with Gasteiger partial charge < -0.3 is 15.4 Å². The van der Waals surface area contributed by atoms with E-state index < -0.39 is 0 Å². The number of carbonyl (C=O) groups is 1. The van der Waals surface area contributed by atoms with Gasteiger partial charge in [0.15, 0.2) is 0 Å². The molecule has 0 spiro atoms. The van der Waals surface area contributed by atoms with Gasteiger partial charge in [-0.05, 0) is 18.3 Å². The second-order valence-corrected chi connectivity index (χ2v) is 4.84. The fourth-order valence-electron chi connectivity index (χ4n) is 1.15. The summed E-state index contributed by atoms with van der Waals surface area (Å²) in [6.07, 6.45) is 2.13. The maximum atomic E-state index is 11.2. The van der Waals surface area contributed by atoms with Crippen molar-refractivity contribution < 1.29 is 9.53 Å². The van der Waals surface area contributed by atoms with Crippen molar-refractivity contribution in [3.05, 3.63) is 0 Å². The predicted octanol–water partition coefficient (Wildman–Crippen LogP) is 1.76. The zero-order valence-electron chi connectivity index (χ0n) is 10.4. The summed E-state index contributed by atoms with van der Waals surface area (Å²) < 4.78 is 4.82. The molecule has 0 atom stereocenters. The van der Waals surface area contributed by atoms with E-state index in [1.54, 1.807) is 7.11 Å². The van der Waals surface area contributed by atoms with Crippen LogP contribution in [0.1, 0.15) is 33.6 Å². The van der Waals surface area contributed by atoms with Crippen LogP contribution >= 0.6 is 0 Å². The van der Waals surface area contributed by atoms with Crippen LogP contribution in [0.25, 0.3) is 0 Å². The minimum absolute atomic E-state index is 0.110. The van der Waals surface area contributed by atoms with Gasteiger partial charge in [0, 0.05) is 20.2 Å². The van der Waals surface area contributed by atoms with Crippen molar-refractivity contribution in [1.29, 1.82) is 0 Å². The van der Waals surface area contributed by atoms with E-state index >= 15 is 0 Å². The van der Waals surface area contributed by atoms with Gasteiger partial charge in [-0.25, -0.2) is 4.79 Å². The lowest BCUT2D eigenvalue weighted by molar-refractivity contribution is 0.195. The van der Waals surface area contributed by atoms with Gasteiger partial charge in [0.2, 0.25) is 0 Å². The number of rotatable bonds is 6. The monoisotopic (exact) mass is 216 g/mol. The standard InChI is InChI=1S/C11H24N2O2/c1-11(2,3)6-5-7-12-10(14)13-8-9-15-4/h5-9H2,1-4H3,(H2,12,13,14). The molecule has 0 fully saturated rings. The molecule has 4 heteroatoms. The fraction of sp³-hybridized carbons (Fsp3) is 0.909. The maximum Gasteiger partial charge on any atom is 0.314 e. The van der Waals surface area contributed by atoms with Gasteiger partial charge in [-0.3, -0.25) is 0 Å². The van der Waals surface area contributed by atoms with Crippen LogP contribution in [-0.4, -0.2) is 32.8 Å². The molecule has 0 rings (SSSR count). The predicted molar refractivity (Wildman–Crippen MR) is 62.0 cm³/mol. The summed E-state index contributed by atoms with van der Waals surface area (Å²) in [6.45, 7) is 8.44. The molecule has 0 heterocycles. The first-order chi connectivity index (χ1) is 6.95. The van der Waals surface area contributed by atoms with Crippen LogP contribution in [0.3, 0.4) is 0 Å². The second kappa shape index (κ2) is 7.51. The number of ether oxygens (including phenoxy) is 1. The summed E-state index contributed by atoms with van der Waals surface area (Å²) in [4.78, 5) is 11.2. The van der Waals surface area contributed by atoms with Gasteiger partial charge in [0.1, 0.15) is 0 Å². The minimum Gasteiger partial charge on any atom is -0.383 e. The summed E-state index contributed by atoms with van der Waals surface area (Å²) in [5.41, 5.74) is 0.341. The van der Waals surface area contributed by atoms with Gasteiger partial charge in [0.05, 0.1) is 6.61 Å². The molecule has 0 aliphatic carbocycles. The highest BCUT2D eigenvalue weighted by Gasteiger charge is 2.09. The first-order valence-electron chi connectivity index (χ1n) is 5.46. The first-order valence-corrected chi connectivity index (χ1v) is 5.46. The number of carbonyl (C=O) groups excluding carboxylic acids is 1. The quantitative estimate of drug-likeness (QED) is 0.665. The fourth-order valence-corrected chi connectivity index (χ4v) is 1.15. The van der Waals surface area contributed by atoms with Crippen molar-refractivity contribution in [2.45, 2.75) is 33.6 Å². The van der Waals surface area contributed by atoms with E-state index in [1.807, 2.05) is 0 Å². The highest BCUT2D eigenvalue weighted by molar-refractivity contribution is 5.73. The molecule has 0 unspecified atom stereocenters. The number of nitrogens with one attached hydrogen (secondary N) is 2. The van der Waals surface area contributed by atoms with Crippen molar-refractivity contribution in [3.63, 3.8) is 0 Å². The van der Waals surface area contributed by atoms with E-state index in [0.29, 0.717) is 18.6 Å². The van der Waals surface area contributed by atoms with E-state index in [9.17, 15) is 4.79 Å². The van der Waals surface area contributed by atoms with Crippen molar-refractivity contribution in [1.82, 2.24) is 10.6 Å². The van der Waals surface area contributed by atoms with E-state index in [1.165, 1.54) is 0 Å². The summed E-state index contributed by atoms with van der Waals surface area (Å²) in [6, 6.07) is -0.110. The third kappa shape index (κ3) is 11.2. The summed E-state index contributed by atoms with van der Waals surface area (Å²) >= 11 is 0. The van der Waals surface area contributed by atoms with Crippen molar-refractivity contribution in [2.75, 3.05) is 26.8 Å². The Balaban J connectivity index is 3.32. The van der Waals surface area contributed by atoms with Gasteiger partial charge in [-0.2, -0.15) is 0 Å². The van der Waals surface area contributed by atoms with Crippen LogP contribution < -0.4 is 10.6 Å². The van der Waals surface area contributed by atoms with Crippen molar-refractivity contribution in [2.24, 2.45) is 5.41 Å². The van der Waals surface area contributed by atoms with E-state index in [-0.39, 0.29) is 6.03 Å². The number of hydrogen-bond acceptors (Lipinski definition) is 2. The van der Waals surface area contributed by atoms with Crippen LogP contribution in [0, 0.1) is 5.41 Å². The van der Waals surface area contributed by atoms with Gasteiger partial charge in [-0.1, -0.05) is 20.8 Å². The van der Waals surface area contributed by atoms with Gasteiger partial charge in [-0.15, -0.1) is 0 Å². The molecular weight excluding hydrogens is 192 g/mol. The van der Waals surface area contributed by atoms with Crippen molar-refractivity contribution in [3.8, 4) is 0 Å². The summed E-state index contributed by atoms with van der Waals surface area (Å²) in [5.74, 6) is 0. The highest BCUT2D eigenvalue weighted by atomic mass is 16.5. The lowest BCUT2D eigenvalue weighted by atomic mass is 9.91. The molecule has 0 radical (unpaired) electrons. The van der Waals surface area contributed by atoms with Crippen LogP contribution in [0.2, 0.25) is 0 Å². The molecule has 2 amide bonds. The van der Waals surface area contributed by atoms with E-state index in [0.717, 1.165) is 19.4 Å². The van der Waals surface area contributed by atoms with Crippen molar-refractivity contribution >= 4 is 6.03 Å². The number of urea groups is 1. The molecule has 0 bridgehead atoms. The number of methoxy groups -OCH3 is 1. The smallest absolute Gasteiger partial charge is 0.314 e. The molecule has 0 saturated carbocycles. The molecule has 90 valence electrons. The maximum absolute atomic E-state index is 11.2. The average Bonchev–Trinajstić information content (AvgIpc) is 2.11. The van der Waals surface area contributed by atoms with E-state index in [4.69, 9.17) is 4.74 Å². The number of hydrogen-bond donors (Lipinski definition) is 2. The molecular formula is C11H24N2O2. The van der Waals surface area contributed by atoms with Crippen LogP contribution in [0.15, 0.2) is 0 Å². The summed E-state index contributed by atoms with van der Waals surface area (Å²) in [5, 5.41) is 5.51. The minimum atomic E-state index is -0.110. The average molecular weight is 216 g/mol. The highest BCUT2D eigenvalue weighted by Crippen LogP contribution is 2.19. The Kier molecular flexibility index (Phi) is 7.13. The topological polar surface area (TPSA) is 50.4 Å². The Morgan fingerprint density at radius 1 is 1.20 bits per heavy atom. The number of amides is 2. The molecule has 0 saturated heterocycles. The third-order valence-electron chi connectivity index (χ3n) is 1.98. The molecule has 4 nitrogen and oxygen atoms in total. The SMILES string of the molecule is COCCNC(=O)NCCCC(C)(C)C. The zero-order chi connectivity index (χ0) is 11.7. The van der Waals surface area contributed by atoms with E-state index in [2.05, 4.69) is 31.4 Å². The molecule has 15 heavy (non-hydrogen) atoms. The zero-order valence-corrected chi connectivity index (χ0v) is 10.4. The van der Waals surface area contributed by atoms with Crippen LogP contribution in [-0.2, 0) is 4.74 Å². The summed E-state index contributed by atoms with van der Waals surface area (Å²) in [7, 11) is 1.61. The lowest BCUT2D eigenvalue weighted by Gasteiger charge is -2.17. The van der Waals surface area contributed by atoms with Crippen LogP contribution in [0.4, 0.5) is 4.79 Å². The third-order valence-corrected chi connectivity index (χ3v) is 1.98. The molecule has 0 aromatic rings. The molecule has 2 N–H and O–H groups in total. The molecule has 0 aromatic heterocycles. The normalized spacial score (nSPS) is 11.2. The lowest BCUT2D eigenvalue weighted by Crippen LogP contribution is -2.37. The van der Waals surface area contributed by atoms with Gasteiger partial charge >= 0.3 is 6.03 Å². The largest absolute Gasteiger partial charge is 0.383 e.